The van der Waals surface area contributed by atoms with Crippen molar-refractivity contribution < 1.29 is 42.7 Å². The number of alkyl halides is 2. The number of non-ortho nitro benzene ring substituents is 4. The van der Waals surface area contributed by atoms with E-state index in [4.69, 9.17) is 11.6 Å². The summed E-state index contributed by atoms with van der Waals surface area (Å²) in [7, 11) is 0. The molecule has 7 rings (SSSR count). The summed E-state index contributed by atoms with van der Waals surface area (Å²) in [4.78, 5) is 60.7. The molecule has 0 saturated carbocycles. The van der Waals surface area contributed by atoms with Gasteiger partial charge in [-0.1, -0.05) is 179 Å². The smallest absolute Gasteiger partial charge is 0.258 e. The fourth-order valence-electron chi connectivity index (χ4n) is 10.1. The molecule has 91 heavy (non-hydrogen) atoms. The molecular weight excluding hydrogens is 1200 g/mol. The lowest BCUT2D eigenvalue weighted by Crippen LogP contribution is -2.14. The van der Waals surface area contributed by atoms with Gasteiger partial charge in [0.1, 0.15) is 0 Å². The van der Waals surface area contributed by atoms with E-state index in [1.165, 1.54) is 30.3 Å². The van der Waals surface area contributed by atoms with Crippen LogP contribution < -0.4 is 0 Å². The molecule has 0 spiro atoms. The molecule has 0 heterocycles. The quantitative estimate of drug-likeness (QED) is 0.107. The number of rotatable bonds is 7. The minimum Gasteiger partial charge on any atom is -0.258 e. The van der Waals surface area contributed by atoms with Crippen LogP contribution in [0.1, 0.15) is 192 Å². The highest BCUT2D eigenvalue weighted by atomic mass is 35.5. The maximum atomic E-state index is 13.4. The SMILES string of the molecule is CC(C)(C)c1ccc([N+](=O)[O-])c(C(F)F)c1.CC(C)(C)c1ccc([N+](=O)[O-])c2ccccc12.Cc1cc([N+](=O)[O-])c(F)cc1C(C)(C)C.Cc1cc([N+](=O)[O-])cc(Cl)c1C(C)(C)C.Cc1cc([N+](=O)[O-])ccc1C(C)(C)C.Cc1cc([N+](=O)[O-])ccc1C(C)(C)C. The van der Waals surface area contributed by atoms with Crippen LogP contribution in [0.15, 0.2) is 115 Å². The monoisotopic (exact) mass is 1280 g/mol. The number of hydrogen-bond donors (Lipinski definition) is 0. The average Bonchev–Trinajstić information content (AvgIpc) is 0.812. The Bertz CT molecular complexity index is 3710. The summed E-state index contributed by atoms with van der Waals surface area (Å²) in [6.07, 6.45) is -2.83. The van der Waals surface area contributed by atoms with E-state index in [0.29, 0.717) is 16.0 Å². The topological polar surface area (TPSA) is 259 Å². The Balaban J connectivity index is 0.000000373. The number of halogens is 4. The van der Waals surface area contributed by atoms with E-state index < -0.39 is 44.0 Å². The Hall–Kier alpha value is -8.72. The summed E-state index contributed by atoms with van der Waals surface area (Å²) in [5.41, 5.74) is 7.93. The lowest BCUT2D eigenvalue weighted by atomic mass is 9.83. The number of nitro groups is 6. The van der Waals surface area contributed by atoms with Gasteiger partial charge in [0.15, 0.2) is 0 Å². The second kappa shape index (κ2) is 30.9. The van der Waals surface area contributed by atoms with Crippen LogP contribution >= 0.6 is 11.6 Å². The highest BCUT2D eigenvalue weighted by Gasteiger charge is 2.28. The largest absolute Gasteiger partial charge is 0.305 e. The molecule has 18 nitrogen and oxygen atoms in total. The van der Waals surface area contributed by atoms with Gasteiger partial charge < -0.3 is 0 Å². The Morgan fingerprint density at radius 2 is 0.736 bits per heavy atom. The Kier molecular flexibility index (Phi) is 26.6. The Morgan fingerprint density at radius 3 is 1.08 bits per heavy atom. The molecule has 0 amide bonds. The summed E-state index contributed by atoms with van der Waals surface area (Å²) in [6, 6.07) is 30.4. The zero-order valence-electron chi connectivity index (χ0n) is 56.1. The first-order chi connectivity index (χ1) is 41.2. The van der Waals surface area contributed by atoms with Crippen molar-refractivity contribution in [3.8, 4) is 0 Å². The molecule has 0 aromatic heterocycles. The minimum absolute atomic E-state index is 0.0191. The number of nitro benzene ring substituents is 6. The number of fused-ring (bicyclic) bond motifs is 1. The molecule has 0 bridgehead atoms. The van der Waals surface area contributed by atoms with E-state index in [1.807, 2.05) is 126 Å². The van der Waals surface area contributed by atoms with Crippen molar-refractivity contribution in [1.29, 1.82) is 0 Å². The lowest BCUT2D eigenvalue weighted by molar-refractivity contribution is -0.387. The fourth-order valence-corrected chi connectivity index (χ4v) is 10.6. The molecule has 492 valence electrons. The molecule has 0 fully saturated rings. The van der Waals surface area contributed by atoms with Crippen LogP contribution in [0, 0.1) is 94.2 Å². The van der Waals surface area contributed by atoms with Crippen LogP contribution in [0.4, 0.5) is 47.3 Å². The number of nitrogens with zero attached hydrogens (tertiary/aromatic N) is 6. The van der Waals surface area contributed by atoms with Gasteiger partial charge in [-0.3, -0.25) is 60.7 Å². The standard InChI is InChI=1S/C14H15NO2.C11H14ClNO2.C11H13F2NO2.C11H14FNO2.2C11H15NO2/c1-14(2,3)12-8-9-13(15(16)17)11-7-5-4-6-10(11)12;1-7-5-8(13(14)15)6-9(12)10(7)11(2,3)4;1-11(2,3)7-4-5-9(14(15)16)8(6-7)10(12)13;1-7-5-10(13(14)15)9(12)6-8(7)11(2,3)4;2*1-8-7-9(12(13)14)5-6-10(8)11(2,3)4/h4-9H,1-3H3;5-6H,1-4H3;4-6,10H,1-3H3;5-6H,1-4H3;2*5-7H,1-4H3. The molecule has 7 aromatic carbocycles. The molecule has 0 radical (unpaired) electrons. The normalized spacial score (nSPS) is 11.6. The highest BCUT2D eigenvalue weighted by Crippen LogP contribution is 2.38. The third-order valence-electron chi connectivity index (χ3n) is 14.2. The first-order valence-electron chi connectivity index (χ1n) is 28.9. The van der Waals surface area contributed by atoms with E-state index in [2.05, 4.69) is 62.3 Å². The van der Waals surface area contributed by atoms with Crippen molar-refractivity contribution in [2.45, 2.75) is 191 Å². The molecule has 22 heteroatoms. The summed E-state index contributed by atoms with van der Waals surface area (Å²) in [5, 5.41) is 65.8. The molecule has 0 atom stereocenters. The second-order valence-corrected chi connectivity index (χ2v) is 28.4. The van der Waals surface area contributed by atoms with Crippen molar-refractivity contribution >= 4 is 56.5 Å². The van der Waals surface area contributed by atoms with Gasteiger partial charge in [-0.15, -0.1) is 0 Å². The van der Waals surface area contributed by atoms with E-state index in [9.17, 15) is 73.9 Å². The van der Waals surface area contributed by atoms with Crippen molar-refractivity contribution in [3.05, 3.63) is 248 Å². The third kappa shape index (κ3) is 22.6. The molecular formula is C69H86ClF3N6O12. The lowest BCUT2D eigenvalue weighted by Gasteiger charge is -2.22. The summed E-state index contributed by atoms with van der Waals surface area (Å²) in [5.74, 6) is -0.768. The van der Waals surface area contributed by atoms with Gasteiger partial charge >= 0.3 is 5.69 Å². The third-order valence-corrected chi connectivity index (χ3v) is 14.5. The van der Waals surface area contributed by atoms with Gasteiger partial charge in [-0.25, -0.2) is 8.78 Å². The Labute approximate surface area is 536 Å². The van der Waals surface area contributed by atoms with Crippen LogP contribution in [0.3, 0.4) is 0 Å². The Morgan fingerprint density at radius 1 is 0.363 bits per heavy atom. The van der Waals surface area contributed by atoms with Gasteiger partial charge in [-0.2, -0.15) is 4.39 Å². The zero-order valence-corrected chi connectivity index (χ0v) is 56.9. The zero-order chi connectivity index (χ0) is 70.6. The fraction of sp³-hybridized carbons (Fsp3) is 0.420. The average molecular weight is 1280 g/mol. The van der Waals surface area contributed by atoms with Crippen LogP contribution in [0.2, 0.25) is 5.02 Å². The van der Waals surface area contributed by atoms with Crippen molar-refractivity contribution in [1.82, 2.24) is 0 Å². The van der Waals surface area contributed by atoms with Gasteiger partial charge in [-0.05, 0) is 139 Å². The molecule has 0 saturated heterocycles. The van der Waals surface area contributed by atoms with E-state index in [-0.39, 0.29) is 70.0 Å². The first kappa shape index (κ1) is 78.4. The summed E-state index contributed by atoms with van der Waals surface area (Å²) in [6.45, 7) is 43.9. The first-order valence-corrected chi connectivity index (χ1v) is 29.3. The van der Waals surface area contributed by atoms with Crippen molar-refractivity contribution in [3.63, 3.8) is 0 Å². The van der Waals surface area contributed by atoms with Crippen LogP contribution in [0.5, 0.6) is 0 Å². The molecule has 0 unspecified atom stereocenters. The van der Waals surface area contributed by atoms with E-state index in [1.54, 1.807) is 43.3 Å². The van der Waals surface area contributed by atoms with Gasteiger partial charge in [0.2, 0.25) is 5.82 Å². The van der Waals surface area contributed by atoms with Gasteiger partial charge in [0, 0.05) is 54.6 Å². The number of hydrogen-bond acceptors (Lipinski definition) is 12. The van der Waals surface area contributed by atoms with Crippen molar-refractivity contribution in [2.75, 3.05) is 0 Å². The van der Waals surface area contributed by atoms with Crippen molar-refractivity contribution in [2.24, 2.45) is 0 Å². The molecule has 7 aromatic rings. The predicted molar refractivity (Wildman–Crippen MR) is 357 cm³/mol. The maximum Gasteiger partial charge on any atom is 0.305 e. The minimum atomic E-state index is -2.83. The molecule has 0 aliphatic rings. The van der Waals surface area contributed by atoms with E-state index in [0.717, 1.165) is 61.5 Å². The number of aryl methyl sites for hydroxylation is 4. The maximum absolute atomic E-state index is 13.4. The summed E-state index contributed by atoms with van der Waals surface area (Å²) >= 11 is 6.06. The number of benzene rings is 7. The highest BCUT2D eigenvalue weighted by molar-refractivity contribution is 6.31. The molecule has 0 N–H and O–H groups in total. The van der Waals surface area contributed by atoms with Crippen LogP contribution in [-0.4, -0.2) is 29.5 Å². The summed E-state index contributed by atoms with van der Waals surface area (Å²) < 4.78 is 38.7. The van der Waals surface area contributed by atoms with Gasteiger partial charge in [0.05, 0.1) is 45.5 Å². The molecule has 0 aliphatic carbocycles. The second-order valence-electron chi connectivity index (χ2n) is 28.0. The predicted octanol–water partition coefficient (Wildman–Crippen LogP) is 21.5. The van der Waals surface area contributed by atoms with Gasteiger partial charge in [0.25, 0.3) is 34.9 Å². The molecule has 0 aliphatic heterocycles. The van der Waals surface area contributed by atoms with E-state index >= 15 is 0 Å². The van der Waals surface area contributed by atoms with Crippen LogP contribution in [0.25, 0.3) is 10.8 Å². The van der Waals surface area contributed by atoms with Crippen LogP contribution in [-0.2, 0) is 32.5 Å².